The van der Waals surface area contributed by atoms with Crippen molar-refractivity contribution in [2.45, 2.75) is 51.2 Å². The Morgan fingerprint density at radius 2 is 1.68 bits per heavy atom. The summed E-state index contributed by atoms with van der Waals surface area (Å²) in [4.78, 5) is 15.1. The number of likely N-dealkylation sites (tertiary alicyclic amines) is 2. The van der Waals surface area contributed by atoms with Crippen LogP contribution in [0.1, 0.15) is 30.4 Å². The second kappa shape index (κ2) is 8.69. The van der Waals surface area contributed by atoms with E-state index in [4.69, 9.17) is 11.6 Å². The van der Waals surface area contributed by atoms with Crippen LogP contribution >= 0.6 is 11.6 Å². The Morgan fingerprint density at radius 3 is 2.23 bits per heavy atom. The number of hydrogen-bond acceptors (Lipinski definition) is 3. The first kappa shape index (κ1) is 24.0. The Hall–Kier alpha value is -1.68. The van der Waals surface area contributed by atoms with Crippen LogP contribution in [0, 0.1) is 12.3 Å². The Bertz CT molecular complexity index is 792. The predicted molar refractivity (Wildman–Crippen MR) is 102 cm³/mol. The number of benzene rings is 1. The third-order valence-electron chi connectivity index (χ3n) is 6.06. The highest BCUT2D eigenvalue weighted by Crippen LogP contribution is 2.42. The molecule has 2 aliphatic heterocycles. The number of piperidine rings is 1. The fourth-order valence-electron chi connectivity index (χ4n) is 4.22. The molecule has 2 fully saturated rings. The second-order valence-corrected chi connectivity index (χ2v) is 8.79. The molecular formula is C20H23ClF6N2O2. The van der Waals surface area contributed by atoms with E-state index in [1.165, 1.54) is 0 Å². The standard InChI is InChI=1S/C20H23ClF6N2O2/c1-13-2-3-14(10-15(13)21)11-28-7-4-18(12-28)5-8-29(9-6-18)17(30)31-16(19(22,23)24)20(25,26)27/h2-3,10,16H,4-9,11-12H2,1H3. The highest BCUT2D eigenvalue weighted by molar-refractivity contribution is 6.31. The summed E-state index contributed by atoms with van der Waals surface area (Å²) in [6.07, 6.45) is -15.3. The molecule has 1 aromatic carbocycles. The highest BCUT2D eigenvalue weighted by Gasteiger charge is 2.60. The topological polar surface area (TPSA) is 32.8 Å². The fraction of sp³-hybridized carbons (Fsp3) is 0.650. The lowest BCUT2D eigenvalue weighted by Gasteiger charge is -2.39. The molecule has 0 saturated carbocycles. The van der Waals surface area contributed by atoms with Gasteiger partial charge in [-0.1, -0.05) is 23.7 Å². The Morgan fingerprint density at radius 1 is 1.10 bits per heavy atom. The van der Waals surface area contributed by atoms with E-state index in [1.807, 2.05) is 25.1 Å². The molecule has 0 bridgehead atoms. The first-order valence-electron chi connectivity index (χ1n) is 9.85. The largest absolute Gasteiger partial charge is 0.434 e. The van der Waals surface area contributed by atoms with Crippen molar-refractivity contribution in [3.8, 4) is 0 Å². The molecule has 1 spiro atoms. The van der Waals surface area contributed by atoms with Gasteiger partial charge in [-0.25, -0.2) is 4.79 Å². The summed E-state index contributed by atoms with van der Waals surface area (Å²) < 4.78 is 79.5. The normalized spacial score (nSPS) is 20.0. The van der Waals surface area contributed by atoms with Crippen LogP contribution < -0.4 is 0 Å². The summed E-state index contributed by atoms with van der Waals surface area (Å²) in [5.41, 5.74) is 1.94. The predicted octanol–water partition coefficient (Wildman–Crippen LogP) is 5.57. The first-order chi connectivity index (χ1) is 14.3. The van der Waals surface area contributed by atoms with Crippen molar-refractivity contribution in [2.75, 3.05) is 26.2 Å². The quantitative estimate of drug-likeness (QED) is 0.539. The molecule has 0 unspecified atom stereocenters. The van der Waals surface area contributed by atoms with Crippen LogP contribution in [-0.2, 0) is 11.3 Å². The summed E-state index contributed by atoms with van der Waals surface area (Å²) in [5, 5.41) is 0.689. The van der Waals surface area contributed by atoms with Crippen LogP contribution in [0.3, 0.4) is 0 Å². The molecule has 2 aliphatic rings. The summed E-state index contributed by atoms with van der Waals surface area (Å²) >= 11 is 6.17. The molecule has 0 atom stereocenters. The van der Waals surface area contributed by atoms with Crippen molar-refractivity contribution in [2.24, 2.45) is 5.41 Å². The van der Waals surface area contributed by atoms with Gasteiger partial charge in [-0.15, -0.1) is 0 Å². The lowest BCUT2D eigenvalue weighted by molar-refractivity contribution is -0.308. The smallest absolute Gasteiger partial charge is 0.426 e. The molecule has 3 rings (SSSR count). The SMILES string of the molecule is Cc1ccc(CN2CCC3(CCN(C(=O)OC(C(F)(F)F)C(F)(F)F)CC3)C2)cc1Cl. The van der Waals surface area contributed by atoms with E-state index < -0.39 is 24.5 Å². The molecule has 0 N–H and O–H groups in total. The van der Waals surface area contributed by atoms with Gasteiger partial charge < -0.3 is 9.64 Å². The van der Waals surface area contributed by atoms with Crippen LogP contribution in [-0.4, -0.2) is 60.5 Å². The van der Waals surface area contributed by atoms with E-state index in [1.54, 1.807) is 0 Å². The Kier molecular flexibility index (Phi) is 6.72. The zero-order chi connectivity index (χ0) is 23.0. The lowest BCUT2D eigenvalue weighted by Crippen LogP contribution is -2.50. The van der Waals surface area contributed by atoms with Crippen molar-refractivity contribution in [3.63, 3.8) is 0 Å². The fourth-order valence-corrected chi connectivity index (χ4v) is 4.43. The van der Waals surface area contributed by atoms with E-state index >= 15 is 0 Å². The summed E-state index contributed by atoms with van der Waals surface area (Å²) in [6, 6.07) is 5.86. The highest BCUT2D eigenvalue weighted by atomic mass is 35.5. The number of carbonyl (C=O) groups is 1. The molecule has 1 amide bonds. The minimum absolute atomic E-state index is 0.0610. The number of alkyl halides is 6. The first-order valence-corrected chi connectivity index (χ1v) is 10.2. The van der Waals surface area contributed by atoms with Gasteiger partial charge in [0.15, 0.2) is 0 Å². The number of halogens is 7. The summed E-state index contributed by atoms with van der Waals surface area (Å²) in [6.45, 7) is 4.31. The number of amides is 1. The molecule has 174 valence electrons. The maximum absolute atomic E-state index is 12.6. The second-order valence-electron chi connectivity index (χ2n) is 8.38. The van der Waals surface area contributed by atoms with Crippen LogP contribution in [0.4, 0.5) is 31.1 Å². The maximum Gasteiger partial charge on any atom is 0.434 e. The van der Waals surface area contributed by atoms with Gasteiger partial charge in [-0.3, -0.25) is 4.90 Å². The minimum atomic E-state index is -5.71. The maximum atomic E-state index is 12.6. The Labute approximate surface area is 181 Å². The third-order valence-corrected chi connectivity index (χ3v) is 6.46. The summed E-state index contributed by atoms with van der Waals surface area (Å²) in [7, 11) is 0. The van der Waals surface area contributed by atoms with Crippen molar-refractivity contribution in [3.05, 3.63) is 34.3 Å². The van der Waals surface area contributed by atoms with Crippen LogP contribution in [0.5, 0.6) is 0 Å². The van der Waals surface area contributed by atoms with E-state index in [-0.39, 0.29) is 18.5 Å². The van der Waals surface area contributed by atoms with E-state index in [2.05, 4.69) is 9.64 Å². The number of rotatable bonds is 3. The Balaban J connectivity index is 1.54. The van der Waals surface area contributed by atoms with E-state index in [9.17, 15) is 31.1 Å². The van der Waals surface area contributed by atoms with E-state index in [0.717, 1.165) is 35.5 Å². The zero-order valence-corrected chi connectivity index (χ0v) is 17.6. The number of ether oxygens (including phenoxy) is 1. The molecule has 2 heterocycles. The molecular weight excluding hydrogens is 450 g/mol. The number of carbonyl (C=O) groups excluding carboxylic acids is 1. The number of nitrogens with zero attached hydrogens (tertiary/aromatic N) is 2. The van der Waals surface area contributed by atoms with Gasteiger partial charge in [-0.2, -0.15) is 26.3 Å². The van der Waals surface area contributed by atoms with Crippen molar-refractivity contribution < 1.29 is 35.9 Å². The molecule has 31 heavy (non-hydrogen) atoms. The molecule has 4 nitrogen and oxygen atoms in total. The van der Waals surface area contributed by atoms with E-state index in [0.29, 0.717) is 24.4 Å². The monoisotopic (exact) mass is 472 g/mol. The van der Waals surface area contributed by atoms with Crippen molar-refractivity contribution in [1.82, 2.24) is 9.80 Å². The molecule has 2 saturated heterocycles. The van der Waals surface area contributed by atoms with Crippen LogP contribution in [0.15, 0.2) is 18.2 Å². The zero-order valence-electron chi connectivity index (χ0n) is 16.8. The van der Waals surface area contributed by atoms with Gasteiger partial charge in [0.2, 0.25) is 0 Å². The van der Waals surface area contributed by atoms with Crippen molar-refractivity contribution in [1.29, 1.82) is 0 Å². The van der Waals surface area contributed by atoms with Gasteiger partial charge in [-0.05, 0) is 55.3 Å². The van der Waals surface area contributed by atoms with Gasteiger partial charge in [0, 0.05) is 31.2 Å². The average molecular weight is 473 g/mol. The van der Waals surface area contributed by atoms with Gasteiger partial charge in [0.25, 0.3) is 6.10 Å². The van der Waals surface area contributed by atoms with Gasteiger partial charge >= 0.3 is 18.4 Å². The molecule has 0 aromatic heterocycles. The number of hydrogen-bond donors (Lipinski definition) is 0. The van der Waals surface area contributed by atoms with Gasteiger partial charge in [0.1, 0.15) is 0 Å². The minimum Gasteiger partial charge on any atom is -0.426 e. The molecule has 1 aromatic rings. The lowest BCUT2D eigenvalue weighted by atomic mass is 9.78. The molecule has 0 radical (unpaired) electrons. The van der Waals surface area contributed by atoms with Crippen LogP contribution in [0.25, 0.3) is 0 Å². The third kappa shape index (κ3) is 5.77. The molecule has 0 aliphatic carbocycles. The number of aryl methyl sites for hydroxylation is 1. The average Bonchev–Trinajstić information content (AvgIpc) is 3.03. The summed E-state index contributed by atoms with van der Waals surface area (Å²) in [5.74, 6) is 0. The van der Waals surface area contributed by atoms with Gasteiger partial charge in [0.05, 0.1) is 0 Å². The molecule has 11 heteroatoms. The van der Waals surface area contributed by atoms with Crippen molar-refractivity contribution >= 4 is 17.7 Å². The van der Waals surface area contributed by atoms with Crippen LogP contribution in [0.2, 0.25) is 5.02 Å².